The highest BCUT2D eigenvalue weighted by Gasteiger charge is 2.32. The van der Waals surface area contributed by atoms with Crippen LogP contribution < -0.4 is 4.74 Å². The van der Waals surface area contributed by atoms with Gasteiger partial charge < -0.3 is 14.5 Å². The lowest BCUT2D eigenvalue weighted by atomic mass is 10.1. The average molecular weight is 460 g/mol. The van der Waals surface area contributed by atoms with E-state index in [1.807, 2.05) is 42.2 Å². The highest BCUT2D eigenvalue weighted by molar-refractivity contribution is 6.31. The van der Waals surface area contributed by atoms with E-state index < -0.39 is 0 Å². The summed E-state index contributed by atoms with van der Waals surface area (Å²) in [6.45, 7) is 8.17. The van der Waals surface area contributed by atoms with Crippen LogP contribution in [0.3, 0.4) is 0 Å². The predicted molar refractivity (Wildman–Crippen MR) is 132 cm³/mol. The number of nitrogens with zero attached hydrogens (tertiary/aromatic N) is 3. The number of halogens is 1. The standard InChI is InChI=1S/C27H26ClN3O2/c1-17-8-10-24-22(13-17)26(29-23-9-7-18(2)14-25(23)33-24)30-11-12-31(19(3)16-30)27(32)20-5-4-6-21(28)15-20/h4-10,13-15,19H,11-12,16H2,1-3H3/t19-/m1/s1. The summed E-state index contributed by atoms with van der Waals surface area (Å²) >= 11 is 6.11. The third kappa shape index (κ3) is 4.21. The Bertz CT molecular complexity index is 1270. The maximum absolute atomic E-state index is 13.1. The first-order valence-electron chi connectivity index (χ1n) is 11.2. The summed E-state index contributed by atoms with van der Waals surface area (Å²) in [5.41, 5.74) is 4.69. The molecule has 168 valence electrons. The molecule has 0 N–H and O–H groups in total. The fourth-order valence-corrected chi connectivity index (χ4v) is 4.67. The first-order chi connectivity index (χ1) is 15.9. The Labute approximate surface area is 199 Å². The number of ether oxygens (including phenoxy) is 1. The second-order valence-electron chi connectivity index (χ2n) is 8.81. The van der Waals surface area contributed by atoms with Gasteiger partial charge in [0.1, 0.15) is 17.3 Å². The van der Waals surface area contributed by atoms with E-state index in [0.29, 0.717) is 30.2 Å². The molecule has 6 heteroatoms. The number of hydrogen-bond acceptors (Lipinski definition) is 4. The number of rotatable bonds is 1. The number of amides is 1. The molecular formula is C27H26ClN3O2. The first kappa shape index (κ1) is 21.5. The van der Waals surface area contributed by atoms with Gasteiger partial charge >= 0.3 is 0 Å². The molecule has 3 aromatic rings. The van der Waals surface area contributed by atoms with E-state index >= 15 is 0 Å². The van der Waals surface area contributed by atoms with Crippen LogP contribution in [0, 0.1) is 13.8 Å². The van der Waals surface area contributed by atoms with Crippen LogP contribution in [0.5, 0.6) is 11.5 Å². The van der Waals surface area contributed by atoms with Crippen LogP contribution in [-0.2, 0) is 0 Å². The van der Waals surface area contributed by atoms with Crippen molar-refractivity contribution in [3.05, 3.63) is 87.9 Å². The topological polar surface area (TPSA) is 45.1 Å². The number of fused-ring (bicyclic) bond motifs is 2. The fourth-order valence-electron chi connectivity index (χ4n) is 4.48. The predicted octanol–water partition coefficient (Wildman–Crippen LogP) is 5.99. The van der Waals surface area contributed by atoms with Gasteiger partial charge in [-0.25, -0.2) is 4.99 Å². The first-order valence-corrected chi connectivity index (χ1v) is 11.6. The van der Waals surface area contributed by atoms with Crippen LogP contribution >= 0.6 is 11.6 Å². The van der Waals surface area contributed by atoms with E-state index in [1.54, 1.807) is 12.1 Å². The molecule has 3 aromatic carbocycles. The normalized spacial score (nSPS) is 17.5. The van der Waals surface area contributed by atoms with Crippen molar-refractivity contribution in [2.45, 2.75) is 26.8 Å². The summed E-state index contributed by atoms with van der Waals surface area (Å²) < 4.78 is 6.30. The van der Waals surface area contributed by atoms with Crippen LogP contribution in [0.25, 0.3) is 0 Å². The van der Waals surface area contributed by atoms with Gasteiger partial charge in [0.2, 0.25) is 0 Å². The lowest BCUT2D eigenvalue weighted by Gasteiger charge is -2.41. The number of carbonyl (C=O) groups is 1. The van der Waals surface area contributed by atoms with Crippen LogP contribution in [0.2, 0.25) is 5.02 Å². The lowest BCUT2D eigenvalue weighted by Crippen LogP contribution is -2.55. The van der Waals surface area contributed by atoms with Gasteiger partial charge in [-0.2, -0.15) is 0 Å². The smallest absolute Gasteiger partial charge is 0.254 e. The molecule has 33 heavy (non-hydrogen) atoms. The summed E-state index contributed by atoms with van der Waals surface area (Å²) in [4.78, 5) is 22.4. The van der Waals surface area contributed by atoms with Crippen molar-refractivity contribution >= 4 is 29.0 Å². The zero-order valence-electron chi connectivity index (χ0n) is 19.0. The molecule has 1 atom stereocenters. The van der Waals surface area contributed by atoms with Crippen molar-refractivity contribution in [1.29, 1.82) is 0 Å². The molecule has 2 aliphatic heterocycles. The van der Waals surface area contributed by atoms with Crippen molar-refractivity contribution in [3.8, 4) is 11.5 Å². The molecule has 0 aliphatic carbocycles. The maximum Gasteiger partial charge on any atom is 0.254 e. The summed E-state index contributed by atoms with van der Waals surface area (Å²) in [6.07, 6.45) is 0. The molecule has 0 bridgehead atoms. The SMILES string of the molecule is Cc1ccc2c(c1)Oc1ccc(C)cc1C(N1CCN(C(=O)c3cccc(Cl)c3)[C@H](C)C1)=N2. The lowest BCUT2D eigenvalue weighted by molar-refractivity contribution is 0.0581. The number of benzene rings is 3. The quantitative estimate of drug-likeness (QED) is 0.449. The zero-order chi connectivity index (χ0) is 23.1. The molecule has 1 saturated heterocycles. The van der Waals surface area contributed by atoms with E-state index in [9.17, 15) is 4.79 Å². The van der Waals surface area contributed by atoms with Crippen LogP contribution in [0.1, 0.15) is 34.0 Å². The van der Waals surface area contributed by atoms with E-state index in [4.69, 9.17) is 21.3 Å². The molecule has 0 aromatic heterocycles. The van der Waals surface area contributed by atoms with Gasteiger partial charge in [-0.15, -0.1) is 0 Å². The van der Waals surface area contributed by atoms with Gasteiger partial charge in [-0.05, 0) is 68.8 Å². The van der Waals surface area contributed by atoms with Crippen molar-refractivity contribution < 1.29 is 9.53 Å². The zero-order valence-corrected chi connectivity index (χ0v) is 19.8. The monoisotopic (exact) mass is 459 g/mol. The molecule has 5 rings (SSSR count). The largest absolute Gasteiger partial charge is 0.454 e. The van der Waals surface area contributed by atoms with Crippen molar-refractivity contribution in [2.24, 2.45) is 4.99 Å². The Hall–Kier alpha value is -3.31. The molecule has 2 heterocycles. The van der Waals surface area contributed by atoms with Gasteiger partial charge in [0.15, 0.2) is 5.75 Å². The number of aliphatic imine (C=N–C) groups is 1. The van der Waals surface area contributed by atoms with E-state index in [-0.39, 0.29) is 11.9 Å². The van der Waals surface area contributed by atoms with Gasteiger partial charge in [-0.1, -0.05) is 35.4 Å². The molecule has 2 aliphatic rings. The summed E-state index contributed by atoms with van der Waals surface area (Å²) in [6, 6.07) is 19.4. The third-order valence-electron chi connectivity index (χ3n) is 6.20. The highest BCUT2D eigenvalue weighted by atomic mass is 35.5. The van der Waals surface area contributed by atoms with Crippen molar-refractivity contribution in [3.63, 3.8) is 0 Å². The summed E-state index contributed by atoms with van der Waals surface area (Å²) in [5, 5.41) is 0.570. The molecule has 5 nitrogen and oxygen atoms in total. The number of aryl methyl sites for hydroxylation is 2. The number of amidine groups is 1. The van der Waals surface area contributed by atoms with E-state index in [2.05, 4.69) is 36.9 Å². The minimum atomic E-state index is 0.00727. The van der Waals surface area contributed by atoms with Gasteiger partial charge in [-0.3, -0.25) is 4.79 Å². The fraction of sp³-hybridized carbons (Fsp3) is 0.259. The average Bonchev–Trinajstić information content (AvgIpc) is 2.94. The summed E-state index contributed by atoms with van der Waals surface area (Å²) in [7, 11) is 0. The highest BCUT2D eigenvalue weighted by Crippen LogP contribution is 2.39. The van der Waals surface area contributed by atoms with E-state index in [1.165, 1.54) is 0 Å². The van der Waals surface area contributed by atoms with Crippen molar-refractivity contribution in [1.82, 2.24) is 9.80 Å². The minimum Gasteiger partial charge on any atom is -0.454 e. The van der Waals surface area contributed by atoms with Crippen LogP contribution in [0.4, 0.5) is 5.69 Å². The van der Waals surface area contributed by atoms with Gasteiger partial charge in [0.25, 0.3) is 5.91 Å². The Morgan fingerprint density at radius 2 is 1.79 bits per heavy atom. The Morgan fingerprint density at radius 3 is 2.58 bits per heavy atom. The van der Waals surface area contributed by atoms with Crippen LogP contribution in [-0.4, -0.2) is 47.2 Å². The number of hydrogen-bond donors (Lipinski definition) is 0. The van der Waals surface area contributed by atoms with Gasteiger partial charge in [0, 0.05) is 36.3 Å². The number of carbonyl (C=O) groups excluding carboxylic acids is 1. The van der Waals surface area contributed by atoms with Crippen molar-refractivity contribution in [2.75, 3.05) is 19.6 Å². The van der Waals surface area contributed by atoms with Crippen LogP contribution in [0.15, 0.2) is 65.7 Å². The second-order valence-corrected chi connectivity index (χ2v) is 9.25. The Kier molecular flexibility index (Phi) is 5.59. The third-order valence-corrected chi connectivity index (χ3v) is 6.43. The Morgan fingerprint density at radius 1 is 1.00 bits per heavy atom. The molecule has 0 spiro atoms. The molecule has 0 saturated carbocycles. The second kappa shape index (κ2) is 8.56. The molecule has 1 amide bonds. The minimum absolute atomic E-state index is 0.00727. The molecule has 0 unspecified atom stereocenters. The molecular weight excluding hydrogens is 434 g/mol. The maximum atomic E-state index is 13.1. The van der Waals surface area contributed by atoms with E-state index in [0.717, 1.165) is 39.7 Å². The number of piperazine rings is 1. The van der Waals surface area contributed by atoms with Gasteiger partial charge in [0.05, 0.1) is 5.56 Å². The summed E-state index contributed by atoms with van der Waals surface area (Å²) in [5.74, 6) is 2.46. The Balaban J connectivity index is 1.47. The molecule has 1 fully saturated rings. The molecule has 0 radical (unpaired) electrons.